The predicted octanol–water partition coefficient (Wildman–Crippen LogP) is 1.71. The molecule has 4 nitrogen and oxygen atoms in total. The highest BCUT2D eigenvalue weighted by atomic mass is 16.2. The summed E-state index contributed by atoms with van der Waals surface area (Å²) in [5.41, 5.74) is 7.22. The Balaban J connectivity index is 1.86. The number of hydrogen-bond donors (Lipinski definition) is 1. The van der Waals surface area contributed by atoms with Crippen molar-refractivity contribution in [3.05, 3.63) is 30.3 Å². The summed E-state index contributed by atoms with van der Waals surface area (Å²) in [6.07, 6.45) is 0.762. The van der Waals surface area contributed by atoms with Crippen LogP contribution in [0.25, 0.3) is 0 Å². The minimum absolute atomic E-state index is 0.103. The van der Waals surface area contributed by atoms with Crippen LogP contribution in [0.4, 0.5) is 5.69 Å². The molecule has 0 aromatic heterocycles. The molecule has 1 aliphatic heterocycles. The molecule has 1 heterocycles. The molecule has 2 N–H and O–H groups in total. The van der Waals surface area contributed by atoms with Gasteiger partial charge in [0.15, 0.2) is 0 Å². The van der Waals surface area contributed by atoms with Crippen molar-refractivity contribution in [2.45, 2.75) is 26.3 Å². The molecule has 110 valence electrons. The molecule has 1 aliphatic rings. The van der Waals surface area contributed by atoms with Crippen LogP contribution >= 0.6 is 0 Å². The fourth-order valence-corrected chi connectivity index (χ4v) is 2.67. The lowest BCUT2D eigenvalue weighted by atomic mass is 10.0. The molecule has 0 spiro atoms. The van der Waals surface area contributed by atoms with Crippen LogP contribution in [0.5, 0.6) is 0 Å². The van der Waals surface area contributed by atoms with Gasteiger partial charge >= 0.3 is 0 Å². The summed E-state index contributed by atoms with van der Waals surface area (Å²) in [7, 11) is 0. The Hall–Kier alpha value is -1.55. The van der Waals surface area contributed by atoms with Gasteiger partial charge in [-0.15, -0.1) is 0 Å². The Morgan fingerprint density at radius 1 is 1.15 bits per heavy atom. The lowest BCUT2D eigenvalue weighted by molar-refractivity contribution is -0.133. The first-order chi connectivity index (χ1) is 9.58. The molecule has 1 atom stereocenters. The third-order valence-corrected chi connectivity index (χ3v) is 3.76. The molecule has 2 rings (SSSR count). The molecule has 1 aromatic rings. The molecule has 0 bridgehead atoms. The highest BCUT2D eigenvalue weighted by Crippen LogP contribution is 2.16. The van der Waals surface area contributed by atoms with Crippen molar-refractivity contribution in [2.75, 3.05) is 31.1 Å². The van der Waals surface area contributed by atoms with E-state index in [1.807, 2.05) is 23.1 Å². The molecular formula is C16H25N3O. The van der Waals surface area contributed by atoms with Gasteiger partial charge in [-0.05, 0) is 24.5 Å². The summed E-state index contributed by atoms with van der Waals surface area (Å²) in [5, 5.41) is 0. The molecule has 4 heteroatoms. The zero-order chi connectivity index (χ0) is 14.5. The van der Waals surface area contributed by atoms with Crippen molar-refractivity contribution in [2.24, 2.45) is 11.7 Å². The first-order valence-electron chi connectivity index (χ1n) is 7.42. The fraction of sp³-hybridized carbons (Fsp3) is 0.562. The number of rotatable bonds is 4. The number of piperazine rings is 1. The number of benzene rings is 1. The van der Waals surface area contributed by atoms with Crippen LogP contribution in [0.3, 0.4) is 0 Å². The van der Waals surface area contributed by atoms with Crippen LogP contribution in [0, 0.1) is 5.92 Å². The zero-order valence-electron chi connectivity index (χ0n) is 12.5. The molecule has 0 aliphatic carbocycles. The minimum Gasteiger partial charge on any atom is -0.368 e. The summed E-state index contributed by atoms with van der Waals surface area (Å²) >= 11 is 0. The number of hydrogen-bond acceptors (Lipinski definition) is 3. The van der Waals surface area contributed by atoms with Gasteiger partial charge in [-0.1, -0.05) is 32.0 Å². The van der Waals surface area contributed by atoms with E-state index in [0.717, 1.165) is 32.6 Å². The van der Waals surface area contributed by atoms with Crippen molar-refractivity contribution in [1.29, 1.82) is 0 Å². The lowest BCUT2D eigenvalue weighted by Gasteiger charge is -2.37. The van der Waals surface area contributed by atoms with Crippen molar-refractivity contribution in [1.82, 2.24) is 4.90 Å². The molecule has 1 amide bonds. The van der Waals surface area contributed by atoms with E-state index in [1.54, 1.807) is 0 Å². The van der Waals surface area contributed by atoms with E-state index in [4.69, 9.17) is 5.73 Å². The third kappa shape index (κ3) is 3.73. The molecule has 0 unspecified atom stereocenters. The largest absolute Gasteiger partial charge is 0.368 e. The second kappa shape index (κ2) is 6.75. The van der Waals surface area contributed by atoms with Gasteiger partial charge in [-0.25, -0.2) is 0 Å². The van der Waals surface area contributed by atoms with Crippen molar-refractivity contribution in [3.8, 4) is 0 Å². The first-order valence-corrected chi connectivity index (χ1v) is 7.42. The number of carbonyl (C=O) groups excluding carboxylic acids is 1. The number of nitrogens with two attached hydrogens (primary N) is 1. The normalized spacial score (nSPS) is 17.4. The second-order valence-electron chi connectivity index (χ2n) is 5.88. The van der Waals surface area contributed by atoms with E-state index in [9.17, 15) is 4.79 Å². The van der Waals surface area contributed by atoms with Crippen LogP contribution in [0.15, 0.2) is 30.3 Å². The standard InChI is InChI=1S/C16H25N3O/c1-13(2)12-15(17)16(20)19-10-8-18(9-11-19)14-6-4-3-5-7-14/h3-7,13,15H,8-12,17H2,1-2H3/t15-/m1/s1. The van der Waals surface area contributed by atoms with Gasteiger partial charge in [0, 0.05) is 31.9 Å². The second-order valence-corrected chi connectivity index (χ2v) is 5.88. The maximum Gasteiger partial charge on any atom is 0.239 e. The topological polar surface area (TPSA) is 49.6 Å². The molecule has 1 saturated heterocycles. The van der Waals surface area contributed by atoms with Crippen LogP contribution in [0.1, 0.15) is 20.3 Å². The SMILES string of the molecule is CC(C)C[C@@H](N)C(=O)N1CCN(c2ccccc2)CC1. The summed E-state index contributed by atoms with van der Waals surface area (Å²) in [6, 6.07) is 9.99. The monoisotopic (exact) mass is 275 g/mol. The minimum atomic E-state index is -0.349. The first kappa shape index (κ1) is 14.9. The van der Waals surface area contributed by atoms with Gasteiger partial charge in [0.05, 0.1) is 6.04 Å². The number of carbonyl (C=O) groups is 1. The van der Waals surface area contributed by atoms with E-state index in [1.165, 1.54) is 5.69 Å². The Kier molecular flexibility index (Phi) is 5.01. The number of amides is 1. The summed E-state index contributed by atoms with van der Waals surface area (Å²) < 4.78 is 0. The van der Waals surface area contributed by atoms with Crippen molar-refractivity contribution >= 4 is 11.6 Å². The number of nitrogens with zero attached hydrogens (tertiary/aromatic N) is 2. The number of para-hydroxylation sites is 1. The van der Waals surface area contributed by atoms with Gasteiger partial charge in [0.2, 0.25) is 5.91 Å². The van der Waals surface area contributed by atoms with E-state index in [0.29, 0.717) is 5.92 Å². The van der Waals surface area contributed by atoms with Crippen molar-refractivity contribution < 1.29 is 4.79 Å². The van der Waals surface area contributed by atoms with E-state index in [-0.39, 0.29) is 11.9 Å². The molecule has 1 fully saturated rings. The molecule has 1 aromatic carbocycles. The summed E-state index contributed by atoms with van der Waals surface area (Å²) in [6.45, 7) is 7.48. The smallest absolute Gasteiger partial charge is 0.239 e. The average Bonchev–Trinajstić information content (AvgIpc) is 2.47. The number of anilines is 1. The third-order valence-electron chi connectivity index (χ3n) is 3.76. The van der Waals surface area contributed by atoms with E-state index < -0.39 is 0 Å². The maximum atomic E-state index is 12.3. The van der Waals surface area contributed by atoms with Crippen molar-refractivity contribution in [3.63, 3.8) is 0 Å². The highest BCUT2D eigenvalue weighted by Gasteiger charge is 2.25. The highest BCUT2D eigenvalue weighted by molar-refractivity contribution is 5.81. The van der Waals surface area contributed by atoms with E-state index >= 15 is 0 Å². The van der Waals surface area contributed by atoms with Gasteiger partial charge in [0.25, 0.3) is 0 Å². The molecule has 0 saturated carbocycles. The fourth-order valence-electron chi connectivity index (χ4n) is 2.67. The lowest BCUT2D eigenvalue weighted by Crippen LogP contribution is -2.53. The van der Waals surface area contributed by atoms with Gasteiger partial charge in [-0.3, -0.25) is 4.79 Å². The van der Waals surface area contributed by atoms with Crippen LogP contribution < -0.4 is 10.6 Å². The molecular weight excluding hydrogens is 250 g/mol. The molecule has 0 radical (unpaired) electrons. The molecule has 20 heavy (non-hydrogen) atoms. The zero-order valence-corrected chi connectivity index (χ0v) is 12.5. The Morgan fingerprint density at radius 2 is 1.75 bits per heavy atom. The van der Waals surface area contributed by atoms with Gasteiger partial charge < -0.3 is 15.5 Å². The van der Waals surface area contributed by atoms with E-state index in [2.05, 4.69) is 30.9 Å². The maximum absolute atomic E-state index is 12.3. The Labute approximate surface area is 121 Å². The van der Waals surface area contributed by atoms with Crippen LogP contribution in [0.2, 0.25) is 0 Å². The van der Waals surface area contributed by atoms with Gasteiger partial charge in [-0.2, -0.15) is 0 Å². The summed E-state index contributed by atoms with van der Waals surface area (Å²) in [5.74, 6) is 0.561. The Morgan fingerprint density at radius 3 is 2.30 bits per heavy atom. The quantitative estimate of drug-likeness (QED) is 0.910. The van der Waals surface area contributed by atoms with Crippen LogP contribution in [-0.4, -0.2) is 43.0 Å². The van der Waals surface area contributed by atoms with Gasteiger partial charge in [0.1, 0.15) is 0 Å². The predicted molar refractivity (Wildman–Crippen MR) is 82.7 cm³/mol. The Bertz CT molecular complexity index is 425. The average molecular weight is 275 g/mol. The summed E-state index contributed by atoms with van der Waals surface area (Å²) in [4.78, 5) is 16.5. The van der Waals surface area contributed by atoms with Crippen LogP contribution in [-0.2, 0) is 4.79 Å².